The van der Waals surface area contributed by atoms with Gasteiger partial charge in [-0.1, -0.05) is 101 Å². The zero-order valence-electron chi connectivity index (χ0n) is 43.9. The van der Waals surface area contributed by atoms with Crippen molar-refractivity contribution >= 4 is 29.2 Å². The number of carbonyl (C=O) groups is 5. The van der Waals surface area contributed by atoms with Crippen LogP contribution in [0.15, 0.2) is 53.9 Å². The molecular formula is C54H85N5O13. The molecule has 18 heteroatoms. The number of ether oxygens (including phenoxy) is 3. The number of aromatic amines is 1. The van der Waals surface area contributed by atoms with Crippen molar-refractivity contribution in [2.24, 2.45) is 53.3 Å². The molecule has 1 aromatic heterocycles. The van der Waals surface area contributed by atoms with Crippen LogP contribution in [0.25, 0.3) is 0 Å². The van der Waals surface area contributed by atoms with Gasteiger partial charge in [0.05, 0.1) is 6.10 Å². The molecule has 1 aromatic rings. The lowest BCUT2D eigenvalue weighted by atomic mass is 9.72. The second-order valence-corrected chi connectivity index (χ2v) is 21.2. The Balaban J connectivity index is 0.00000211. The van der Waals surface area contributed by atoms with Crippen LogP contribution in [-0.4, -0.2) is 150 Å². The Morgan fingerprint density at radius 3 is 2.28 bits per heavy atom. The molecule has 404 valence electrons. The van der Waals surface area contributed by atoms with Crippen LogP contribution in [0.1, 0.15) is 132 Å². The Hall–Kier alpha value is -4.30. The van der Waals surface area contributed by atoms with E-state index in [1.807, 2.05) is 44.2 Å². The summed E-state index contributed by atoms with van der Waals surface area (Å²) in [6, 6.07) is -1.22. The van der Waals surface area contributed by atoms with Gasteiger partial charge in [-0.25, -0.2) is 4.79 Å². The van der Waals surface area contributed by atoms with E-state index in [0.29, 0.717) is 62.9 Å². The van der Waals surface area contributed by atoms with Crippen LogP contribution in [0, 0.1) is 53.3 Å². The molecule has 5 rings (SSSR count). The third kappa shape index (κ3) is 16.9. The fourth-order valence-electron chi connectivity index (χ4n) is 10.9. The Labute approximate surface area is 426 Å². The van der Waals surface area contributed by atoms with Gasteiger partial charge in [0, 0.05) is 69.5 Å². The van der Waals surface area contributed by atoms with Gasteiger partial charge in [0.2, 0.25) is 5.79 Å². The number of esters is 1. The van der Waals surface area contributed by atoms with Crippen molar-refractivity contribution in [3.8, 4) is 0 Å². The summed E-state index contributed by atoms with van der Waals surface area (Å²) in [5, 5.41) is 67.2. The van der Waals surface area contributed by atoms with Gasteiger partial charge in [-0.15, -0.1) is 10.2 Å². The molecule has 0 spiro atoms. The van der Waals surface area contributed by atoms with Gasteiger partial charge in [0.25, 0.3) is 11.7 Å². The summed E-state index contributed by atoms with van der Waals surface area (Å²) in [5.41, 5.74) is 1.19. The number of methoxy groups -OCH3 is 1. The second kappa shape index (κ2) is 29.6. The zero-order chi connectivity index (χ0) is 53.1. The summed E-state index contributed by atoms with van der Waals surface area (Å²) in [4.78, 5) is 72.2. The molecule has 4 heterocycles. The van der Waals surface area contributed by atoms with E-state index in [2.05, 4.69) is 27.5 Å². The monoisotopic (exact) mass is 1010 g/mol. The number of rotatable bonds is 7. The number of allylic oxidation sites excluding steroid dienone is 6. The first-order chi connectivity index (χ1) is 34.3. The van der Waals surface area contributed by atoms with E-state index in [4.69, 9.17) is 14.2 Å². The van der Waals surface area contributed by atoms with E-state index in [-0.39, 0.29) is 74.3 Å². The molecule has 15 atom stereocenters. The molecule has 2 bridgehead atoms. The number of hydrogen-bond donors (Lipinski definition) is 6. The minimum absolute atomic E-state index is 0.00900. The summed E-state index contributed by atoms with van der Waals surface area (Å²) in [6.45, 7) is 12.1. The van der Waals surface area contributed by atoms with Crippen molar-refractivity contribution < 1.29 is 63.7 Å². The molecular weight excluding hydrogens is 927 g/mol. The van der Waals surface area contributed by atoms with Crippen molar-refractivity contribution in [3.05, 3.63) is 53.9 Å². The Bertz CT molecular complexity index is 1990. The molecule has 1 amide bonds. The molecule has 6 N–H and O–H groups in total. The fourth-order valence-corrected chi connectivity index (χ4v) is 10.9. The molecule has 3 unspecified atom stereocenters. The molecule has 3 aliphatic heterocycles. The van der Waals surface area contributed by atoms with Crippen molar-refractivity contribution in [3.63, 3.8) is 0 Å². The van der Waals surface area contributed by atoms with E-state index in [9.17, 15) is 49.5 Å². The number of carbonyl (C=O) groups excluding carboxylic acids is 5. The normalized spacial score (nSPS) is 37.5. The maximum atomic E-state index is 14.5. The van der Waals surface area contributed by atoms with Gasteiger partial charge in [0.15, 0.2) is 12.1 Å². The van der Waals surface area contributed by atoms with Gasteiger partial charge in [-0.05, 0) is 101 Å². The maximum Gasteiger partial charge on any atom is 0.329 e. The number of ketones is 3. The number of amides is 1. The van der Waals surface area contributed by atoms with Crippen molar-refractivity contribution in [1.29, 1.82) is 0 Å². The van der Waals surface area contributed by atoms with Crippen LogP contribution < -0.4 is 0 Å². The number of H-pyrrole nitrogens is 1. The summed E-state index contributed by atoms with van der Waals surface area (Å²) in [7, 11) is 1.36. The average Bonchev–Trinajstić information content (AvgIpc) is 3.93. The van der Waals surface area contributed by atoms with Crippen LogP contribution in [0.4, 0.5) is 0 Å². The number of piperidine rings is 1. The molecule has 72 heavy (non-hydrogen) atoms. The number of tetrazole rings is 1. The molecule has 0 radical (unpaired) electrons. The number of nitrogens with zero attached hydrogens (tertiary/aromatic N) is 4. The van der Waals surface area contributed by atoms with Gasteiger partial charge >= 0.3 is 5.97 Å². The number of cyclic esters (lactones) is 1. The summed E-state index contributed by atoms with van der Waals surface area (Å²) < 4.78 is 18.0. The highest BCUT2D eigenvalue weighted by atomic mass is 16.6. The van der Waals surface area contributed by atoms with Crippen LogP contribution in [0.3, 0.4) is 0 Å². The predicted molar refractivity (Wildman–Crippen MR) is 268 cm³/mol. The Morgan fingerprint density at radius 2 is 1.64 bits per heavy atom. The summed E-state index contributed by atoms with van der Waals surface area (Å²) in [5.74, 6) is -8.85. The number of fused-ring (bicyclic) bond motifs is 3. The Morgan fingerprint density at radius 1 is 0.889 bits per heavy atom. The minimum Gasteiger partial charge on any atom is -0.460 e. The number of aliphatic hydroxyl groups is 5. The average molecular weight is 1010 g/mol. The van der Waals surface area contributed by atoms with E-state index >= 15 is 0 Å². The predicted octanol–water partition coefficient (Wildman–Crippen LogP) is 5.21. The van der Waals surface area contributed by atoms with Crippen molar-refractivity contribution in [2.75, 3.05) is 33.5 Å². The summed E-state index contributed by atoms with van der Waals surface area (Å²) >= 11 is 0. The standard InChI is InChI=1S/C53H83NO13.CH2N4/c1-32-15-10-9-11-16-33(2)41(30-56)27-43-18-14-17-38(7)53(64,67-43)50(61)51(62)54-22-13-12-19-44(54)52(63)66-46(42(31-57)26-39-21-20-34(3)40(25-39)29-55)28-45(58)35(4)24-37(6)48(60)49(65-8)47(59)36(5)23-32;1-2-4-5-3-1/h9-11,15-16,24,32,34-36,38-44,46,48-49,55-57,60,64H,12-14,17-23,25-31H2,1-8H3;1H,(H,2,3,4,5)/b11-9+,15-10+,33-16+,37-24+;/t32-,34?,35-,36+,38-,39?,40+,41-,42?,43+,44+,46+,48-,49+,53-;/m1./s1. The van der Waals surface area contributed by atoms with Gasteiger partial charge in [-0.3, -0.25) is 19.2 Å². The first-order valence-corrected chi connectivity index (χ1v) is 26.2. The number of aliphatic hydroxyl groups excluding tert-OH is 4. The molecule has 18 nitrogen and oxygen atoms in total. The van der Waals surface area contributed by atoms with Gasteiger partial charge in [0.1, 0.15) is 30.1 Å². The van der Waals surface area contributed by atoms with Crippen LogP contribution in [-0.2, 0) is 38.2 Å². The lowest BCUT2D eigenvalue weighted by molar-refractivity contribution is -0.241. The minimum atomic E-state index is -2.49. The molecule has 1 saturated carbocycles. The quantitative estimate of drug-likeness (QED) is 0.116. The van der Waals surface area contributed by atoms with E-state index < -0.39 is 84.2 Å². The Kier molecular flexibility index (Phi) is 24.7. The lowest BCUT2D eigenvalue weighted by Gasteiger charge is -2.39. The summed E-state index contributed by atoms with van der Waals surface area (Å²) in [6.07, 6.45) is 14.0. The largest absolute Gasteiger partial charge is 0.460 e. The van der Waals surface area contributed by atoms with Crippen molar-refractivity contribution in [1.82, 2.24) is 25.5 Å². The smallest absolute Gasteiger partial charge is 0.329 e. The molecule has 4 aliphatic rings. The molecule has 1 aliphatic carbocycles. The topological polar surface area (TPSA) is 272 Å². The fraction of sp³-hybridized carbons (Fsp3) is 0.741. The SMILES string of the molecule is CO[C@H]1C(=O)[C@@H](C)C[C@H](C)/C=C/C=C/C=C(\C)[C@@H](CO)C[C@@H]2CCC[C@@H](C)[C@@](O)(O2)C(=O)C(=O)N2CCCC[C@H]2C(=O)O[C@H](C(CO)CC2CCC(C)[C@H](CO)C2)CC(=O)[C@H](C)/C=C(\C)[C@H]1O.c1nn[nH]n1. The third-order valence-corrected chi connectivity index (χ3v) is 15.7. The van der Waals surface area contributed by atoms with Crippen LogP contribution in [0.5, 0.6) is 0 Å². The highest BCUT2D eigenvalue weighted by molar-refractivity contribution is 6.39. The van der Waals surface area contributed by atoms with Gasteiger partial charge in [-0.2, -0.15) is 5.21 Å². The van der Waals surface area contributed by atoms with Crippen LogP contribution >= 0.6 is 0 Å². The van der Waals surface area contributed by atoms with Gasteiger partial charge < -0.3 is 44.6 Å². The molecule has 2 saturated heterocycles. The highest BCUT2D eigenvalue weighted by Crippen LogP contribution is 2.39. The number of Topliss-reactive ketones (excluding diaryl/α,β-unsaturated/α-hetero) is 3. The van der Waals surface area contributed by atoms with E-state index in [1.54, 1.807) is 33.8 Å². The second-order valence-electron chi connectivity index (χ2n) is 21.2. The lowest BCUT2D eigenvalue weighted by Crippen LogP contribution is -2.59. The first-order valence-electron chi connectivity index (χ1n) is 26.2. The highest BCUT2D eigenvalue weighted by Gasteiger charge is 2.52. The van der Waals surface area contributed by atoms with E-state index in [1.165, 1.54) is 13.4 Å². The number of nitrogens with one attached hydrogen (secondary N) is 1. The zero-order valence-corrected chi connectivity index (χ0v) is 43.9. The molecule has 0 aromatic carbocycles. The van der Waals surface area contributed by atoms with E-state index in [0.717, 1.165) is 23.3 Å². The number of aromatic nitrogens is 4. The number of hydrogen-bond acceptors (Lipinski definition) is 16. The first kappa shape index (κ1) is 60.3. The van der Waals surface area contributed by atoms with Crippen molar-refractivity contribution in [2.45, 2.75) is 168 Å². The third-order valence-electron chi connectivity index (χ3n) is 15.7. The van der Waals surface area contributed by atoms with Crippen LogP contribution in [0.2, 0.25) is 0 Å². The maximum absolute atomic E-state index is 14.5. The molecule has 3 fully saturated rings.